The first-order chi connectivity index (χ1) is 8.90. The molecule has 0 atom stereocenters. The second-order valence-electron chi connectivity index (χ2n) is 5.81. The average molecular weight is 249 g/mol. The van der Waals surface area contributed by atoms with Crippen LogP contribution in [-0.2, 0) is 13.0 Å². The van der Waals surface area contributed by atoms with E-state index in [9.17, 15) is 0 Å². The number of hydrogen-bond donors (Lipinski definition) is 1. The fourth-order valence-electron chi connectivity index (χ4n) is 2.78. The van der Waals surface area contributed by atoms with Crippen molar-refractivity contribution in [2.45, 2.75) is 70.4 Å². The van der Waals surface area contributed by atoms with Crippen LogP contribution in [0.3, 0.4) is 0 Å². The van der Waals surface area contributed by atoms with E-state index in [1.54, 1.807) is 0 Å². The van der Waals surface area contributed by atoms with Gasteiger partial charge in [-0.15, -0.1) is 10.2 Å². The Hall–Kier alpha value is -0.900. The smallest absolute Gasteiger partial charge is 0.230 e. The SMILES string of the molecule is C1CCCC(Cc2nnc(CNC3CC3)o2)CC1. The summed E-state index contributed by atoms with van der Waals surface area (Å²) in [5, 5.41) is 11.7. The Morgan fingerprint density at radius 2 is 1.67 bits per heavy atom. The van der Waals surface area contributed by atoms with E-state index in [1.165, 1.54) is 51.4 Å². The first-order valence-corrected chi connectivity index (χ1v) is 7.45. The molecule has 4 heteroatoms. The van der Waals surface area contributed by atoms with Crippen LogP contribution in [0.4, 0.5) is 0 Å². The van der Waals surface area contributed by atoms with Crippen LogP contribution in [0.1, 0.15) is 63.1 Å². The minimum absolute atomic E-state index is 0.696. The van der Waals surface area contributed by atoms with Gasteiger partial charge in [-0.2, -0.15) is 0 Å². The van der Waals surface area contributed by atoms with E-state index in [2.05, 4.69) is 15.5 Å². The molecule has 0 spiro atoms. The highest BCUT2D eigenvalue weighted by atomic mass is 16.4. The molecule has 1 aromatic heterocycles. The maximum atomic E-state index is 5.72. The van der Waals surface area contributed by atoms with Crippen molar-refractivity contribution in [3.05, 3.63) is 11.8 Å². The largest absolute Gasteiger partial charge is 0.424 e. The highest BCUT2D eigenvalue weighted by Crippen LogP contribution is 2.25. The van der Waals surface area contributed by atoms with Crippen LogP contribution < -0.4 is 5.32 Å². The highest BCUT2D eigenvalue weighted by molar-refractivity contribution is 4.87. The van der Waals surface area contributed by atoms with Gasteiger partial charge >= 0.3 is 0 Å². The van der Waals surface area contributed by atoms with Crippen LogP contribution in [0.15, 0.2) is 4.42 Å². The Labute approximate surface area is 109 Å². The molecular formula is C14H23N3O. The normalized spacial score (nSPS) is 22.0. The highest BCUT2D eigenvalue weighted by Gasteiger charge is 2.21. The second-order valence-corrected chi connectivity index (χ2v) is 5.81. The number of nitrogens with one attached hydrogen (secondary N) is 1. The summed E-state index contributed by atoms with van der Waals surface area (Å²) in [5.41, 5.74) is 0. The van der Waals surface area contributed by atoms with Gasteiger partial charge in [0.15, 0.2) is 0 Å². The van der Waals surface area contributed by atoms with E-state index >= 15 is 0 Å². The molecule has 100 valence electrons. The number of nitrogens with zero attached hydrogens (tertiary/aromatic N) is 2. The van der Waals surface area contributed by atoms with Crippen molar-refractivity contribution >= 4 is 0 Å². The summed E-state index contributed by atoms with van der Waals surface area (Å²) in [4.78, 5) is 0. The Morgan fingerprint density at radius 1 is 0.944 bits per heavy atom. The third kappa shape index (κ3) is 3.55. The van der Waals surface area contributed by atoms with Crippen molar-refractivity contribution in [2.75, 3.05) is 0 Å². The molecule has 0 aliphatic heterocycles. The van der Waals surface area contributed by atoms with E-state index < -0.39 is 0 Å². The molecule has 18 heavy (non-hydrogen) atoms. The summed E-state index contributed by atoms with van der Waals surface area (Å²) in [5.74, 6) is 2.36. The van der Waals surface area contributed by atoms with Crippen molar-refractivity contribution in [3.63, 3.8) is 0 Å². The van der Waals surface area contributed by atoms with Crippen LogP contribution in [-0.4, -0.2) is 16.2 Å². The predicted molar refractivity (Wildman–Crippen MR) is 69.1 cm³/mol. The number of rotatable bonds is 5. The van der Waals surface area contributed by atoms with Crippen LogP contribution in [0, 0.1) is 5.92 Å². The average Bonchev–Trinajstić information content (AvgIpc) is 3.14. The van der Waals surface area contributed by atoms with E-state index in [0.717, 1.165) is 30.7 Å². The maximum absolute atomic E-state index is 5.72. The molecule has 0 amide bonds. The Balaban J connectivity index is 1.48. The quantitative estimate of drug-likeness (QED) is 0.815. The molecule has 0 bridgehead atoms. The zero-order valence-corrected chi connectivity index (χ0v) is 11.0. The zero-order valence-electron chi connectivity index (χ0n) is 11.0. The van der Waals surface area contributed by atoms with Gasteiger partial charge < -0.3 is 9.73 Å². The Bertz CT molecular complexity index is 365. The van der Waals surface area contributed by atoms with Gasteiger partial charge in [-0.25, -0.2) is 0 Å². The van der Waals surface area contributed by atoms with Gasteiger partial charge in [-0.05, 0) is 31.6 Å². The number of aromatic nitrogens is 2. The van der Waals surface area contributed by atoms with E-state index in [0.29, 0.717) is 6.04 Å². The van der Waals surface area contributed by atoms with Gasteiger partial charge in [-0.3, -0.25) is 0 Å². The van der Waals surface area contributed by atoms with Crippen LogP contribution in [0.2, 0.25) is 0 Å². The minimum atomic E-state index is 0.696. The molecule has 0 saturated heterocycles. The molecule has 2 aliphatic rings. The zero-order chi connectivity index (χ0) is 12.2. The molecule has 2 saturated carbocycles. The second kappa shape index (κ2) is 5.83. The first kappa shape index (κ1) is 12.2. The van der Waals surface area contributed by atoms with Crippen molar-refractivity contribution in [1.82, 2.24) is 15.5 Å². The maximum Gasteiger partial charge on any atom is 0.230 e. The summed E-state index contributed by atoms with van der Waals surface area (Å²) in [6.07, 6.45) is 11.8. The standard InChI is InChI=1S/C14H23N3O/c1-2-4-6-11(5-3-1)9-13-16-17-14(18-13)10-15-12-7-8-12/h11-12,15H,1-10H2. The first-order valence-electron chi connectivity index (χ1n) is 7.45. The lowest BCUT2D eigenvalue weighted by molar-refractivity contribution is 0.374. The molecule has 2 fully saturated rings. The van der Waals surface area contributed by atoms with Crippen molar-refractivity contribution in [2.24, 2.45) is 5.92 Å². The molecule has 0 radical (unpaired) electrons. The number of hydrogen-bond acceptors (Lipinski definition) is 4. The Morgan fingerprint density at radius 3 is 2.39 bits per heavy atom. The fraction of sp³-hybridized carbons (Fsp3) is 0.857. The van der Waals surface area contributed by atoms with Gasteiger partial charge in [0.2, 0.25) is 11.8 Å². The van der Waals surface area contributed by atoms with Gasteiger partial charge in [0.25, 0.3) is 0 Å². The molecule has 1 N–H and O–H groups in total. The van der Waals surface area contributed by atoms with Gasteiger partial charge in [0.1, 0.15) is 0 Å². The summed E-state index contributed by atoms with van der Waals surface area (Å²) in [6.45, 7) is 0.738. The monoisotopic (exact) mass is 249 g/mol. The predicted octanol–water partition coefficient (Wildman–Crippen LogP) is 2.83. The topological polar surface area (TPSA) is 51.0 Å². The minimum Gasteiger partial charge on any atom is -0.424 e. The molecule has 0 aromatic carbocycles. The summed E-state index contributed by atoms with van der Waals surface area (Å²) in [6, 6.07) is 0.696. The van der Waals surface area contributed by atoms with Crippen LogP contribution >= 0.6 is 0 Å². The third-order valence-electron chi connectivity index (χ3n) is 4.07. The van der Waals surface area contributed by atoms with E-state index in [1.807, 2.05) is 0 Å². The molecular weight excluding hydrogens is 226 g/mol. The van der Waals surface area contributed by atoms with E-state index in [4.69, 9.17) is 4.42 Å². The lowest BCUT2D eigenvalue weighted by atomic mass is 9.97. The summed E-state index contributed by atoms with van der Waals surface area (Å²) >= 11 is 0. The van der Waals surface area contributed by atoms with Gasteiger partial charge in [0.05, 0.1) is 6.54 Å². The van der Waals surface area contributed by atoms with Crippen molar-refractivity contribution < 1.29 is 4.42 Å². The van der Waals surface area contributed by atoms with Crippen LogP contribution in [0.5, 0.6) is 0 Å². The Kier molecular flexibility index (Phi) is 3.93. The lowest BCUT2D eigenvalue weighted by Gasteiger charge is -2.10. The fourth-order valence-corrected chi connectivity index (χ4v) is 2.78. The summed E-state index contributed by atoms with van der Waals surface area (Å²) < 4.78 is 5.72. The lowest BCUT2D eigenvalue weighted by Crippen LogP contribution is -2.15. The molecule has 0 unspecified atom stereocenters. The van der Waals surface area contributed by atoms with Gasteiger partial charge in [0, 0.05) is 12.5 Å². The van der Waals surface area contributed by atoms with Crippen molar-refractivity contribution in [3.8, 4) is 0 Å². The molecule has 4 nitrogen and oxygen atoms in total. The molecule has 2 aliphatic carbocycles. The van der Waals surface area contributed by atoms with Crippen LogP contribution in [0.25, 0.3) is 0 Å². The molecule has 1 heterocycles. The van der Waals surface area contributed by atoms with Gasteiger partial charge in [-0.1, -0.05) is 25.7 Å². The molecule has 1 aromatic rings. The van der Waals surface area contributed by atoms with E-state index in [-0.39, 0.29) is 0 Å². The summed E-state index contributed by atoms with van der Waals surface area (Å²) in [7, 11) is 0. The van der Waals surface area contributed by atoms with Crippen molar-refractivity contribution in [1.29, 1.82) is 0 Å². The third-order valence-corrected chi connectivity index (χ3v) is 4.07. The molecule has 3 rings (SSSR count).